The normalized spacial score (nSPS) is 15.8. The zero-order valence-corrected chi connectivity index (χ0v) is 11.1. The van der Waals surface area contributed by atoms with Crippen LogP contribution >= 0.6 is 0 Å². The Balaban J connectivity index is 1.96. The Bertz CT molecular complexity index is 486. The van der Waals surface area contributed by atoms with Crippen molar-refractivity contribution < 1.29 is 18.0 Å². The van der Waals surface area contributed by atoms with Crippen molar-refractivity contribution in [3.63, 3.8) is 0 Å². The van der Waals surface area contributed by atoms with Crippen LogP contribution in [0.15, 0.2) is 12.1 Å². The van der Waals surface area contributed by atoms with Crippen molar-refractivity contribution in [1.82, 2.24) is 4.90 Å². The number of amides is 1. The van der Waals surface area contributed by atoms with Gasteiger partial charge in [-0.15, -0.1) is 0 Å². The maximum atomic E-state index is 13.4. The highest BCUT2D eigenvalue weighted by Crippen LogP contribution is 2.19. The minimum atomic E-state index is -1.27. The molecule has 1 fully saturated rings. The number of benzene rings is 1. The molecule has 1 heterocycles. The molecule has 1 aromatic rings. The zero-order valence-electron chi connectivity index (χ0n) is 11.1. The lowest BCUT2D eigenvalue weighted by Gasteiger charge is -2.20. The Morgan fingerprint density at radius 2 is 1.75 bits per heavy atom. The summed E-state index contributed by atoms with van der Waals surface area (Å²) in [5, 5.41) is 2.47. The molecule has 0 aromatic heterocycles. The van der Waals surface area contributed by atoms with Crippen LogP contribution in [-0.2, 0) is 4.79 Å². The molecule has 0 unspecified atom stereocenters. The Labute approximate surface area is 115 Å². The van der Waals surface area contributed by atoms with Crippen LogP contribution in [0, 0.1) is 17.5 Å². The first kappa shape index (κ1) is 14.7. The fourth-order valence-corrected chi connectivity index (χ4v) is 2.29. The lowest BCUT2D eigenvalue weighted by atomic mass is 10.2. The Morgan fingerprint density at radius 1 is 1.10 bits per heavy atom. The first-order chi connectivity index (χ1) is 9.58. The van der Waals surface area contributed by atoms with E-state index in [9.17, 15) is 18.0 Å². The number of nitrogens with zero attached hydrogens (tertiary/aromatic N) is 1. The van der Waals surface area contributed by atoms with Gasteiger partial charge in [-0.05, 0) is 12.8 Å². The second-order valence-electron chi connectivity index (χ2n) is 4.90. The highest BCUT2D eigenvalue weighted by atomic mass is 19.2. The van der Waals surface area contributed by atoms with Gasteiger partial charge in [0, 0.05) is 25.2 Å². The Kier molecular flexibility index (Phi) is 4.87. The van der Waals surface area contributed by atoms with Crippen molar-refractivity contribution in [3.8, 4) is 0 Å². The molecular formula is C14H17F3N2O. The minimum absolute atomic E-state index is 0.167. The lowest BCUT2D eigenvalue weighted by molar-refractivity contribution is -0.129. The van der Waals surface area contributed by atoms with Crippen LogP contribution in [-0.4, -0.2) is 30.4 Å². The van der Waals surface area contributed by atoms with Gasteiger partial charge in [0.15, 0.2) is 11.6 Å². The van der Waals surface area contributed by atoms with E-state index in [1.807, 2.05) is 0 Å². The van der Waals surface area contributed by atoms with Crippen molar-refractivity contribution in [3.05, 3.63) is 29.6 Å². The lowest BCUT2D eigenvalue weighted by Crippen LogP contribution is -2.36. The molecule has 110 valence electrons. The van der Waals surface area contributed by atoms with Crippen LogP contribution in [0.25, 0.3) is 0 Å². The van der Waals surface area contributed by atoms with E-state index < -0.39 is 17.5 Å². The van der Waals surface area contributed by atoms with Crippen molar-refractivity contribution in [2.75, 3.05) is 25.0 Å². The first-order valence-corrected chi connectivity index (χ1v) is 6.74. The van der Waals surface area contributed by atoms with Crippen LogP contribution in [0.1, 0.15) is 25.7 Å². The highest BCUT2D eigenvalue weighted by Gasteiger charge is 2.17. The summed E-state index contributed by atoms with van der Waals surface area (Å²) in [4.78, 5) is 13.7. The fraction of sp³-hybridized carbons (Fsp3) is 0.500. The molecule has 1 aromatic carbocycles. The van der Waals surface area contributed by atoms with Crippen molar-refractivity contribution in [2.24, 2.45) is 0 Å². The summed E-state index contributed by atoms with van der Waals surface area (Å²) in [6, 6.07) is 1.31. The average Bonchev–Trinajstić information content (AvgIpc) is 2.69. The summed E-state index contributed by atoms with van der Waals surface area (Å²) < 4.78 is 39.4. The van der Waals surface area contributed by atoms with E-state index >= 15 is 0 Å². The molecule has 0 radical (unpaired) electrons. The zero-order chi connectivity index (χ0) is 14.5. The third-order valence-electron chi connectivity index (χ3n) is 3.38. The van der Waals surface area contributed by atoms with Gasteiger partial charge in [0.2, 0.25) is 5.91 Å². The van der Waals surface area contributed by atoms with Crippen molar-refractivity contribution in [1.29, 1.82) is 0 Å². The summed E-state index contributed by atoms with van der Waals surface area (Å²) >= 11 is 0. The van der Waals surface area contributed by atoms with Crippen molar-refractivity contribution in [2.45, 2.75) is 25.7 Å². The van der Waals surface area contributed by atoms with Gasteiger partial charge in [-0.3, -0.25) is 4.79 Å². The molecule has 1 N–H and O–H groups in total. The van der Waals surface area contributed by atoms with Gasteiger partial charge < -0.3 is 10.2 Å². The number of anilines is 1. The van der Waals surface area contributed by atoms with Gasteiger partial charge in [-0.1, -0.05) is 12.8 Å². The maximum absolute atomic E-state index is 13.4. The number of likely N-dealkylation sites (tertiary alicyclic amines) is 1. The summed E-state index contributed by atoms with van der Waals surface area (Å²) in [7, 11) is 0. The van der Waals surface area contributed by atoms with E-state index in [1.54, 1.807) is 4.90 Å². The third kappa shape index (κ3) is 3.65. The van der Waals surface area contributed by atoms with Gasteiger partial charge in [-0.25, -0.2) is 13.2 Å². The summed E-state index contributed by atoms with van der Waals surface area (Å²) in [5.74, 6) is -3.51. The largest absolute Gasteiger partial charge is 0.374 e. The molecule has 1 amide bonds. The molecule has 6 heteroatoms. The number of carbonyl (C=O) groups is 1. The standard InChI is InChI=1S/C14H17F3N2O/c15-10-7-11(16)14(17)12(8-10)18-9-13(20)19-5-3-1-2-4-6-19/h7-8,18H,1-6,9H2. The van der Waals surface area contributed by atoms with Crippen molar-refractivity contribution >= 4 is 11.6 Å². The second-order valence-corrected chi connectivity index (χ2v) is 4.90. The molecular weight excluding hydrogens is 269 g/mol. The van der Waals surface area contributed by atoms with Crippen LogP contribution in [0.3, 0.4) is 0 Å². The van der Waals surface area contributed by atoms with Crippen LogP contribution in [0.2, 0.25) is 0 Å². The number of halogens is 3. The molecule has 0 spiro atoms. The SMILES string of the molecule is O=C(CNc1cc(F)cc(F)c1F)N1CCCCCC1. The van der Waals surface area contributed by atoms with Crippen LogP contribution < -0.4 is 5.32 Å². The van der Waals surface area contributed by atoms with E-state index in [4.69, 9.17) is 0 Å². The molecule has 3 nitrogen and oxygen atoms in total. The molecule has 1 aliphatic heterocycles. The van der Waals surface area contributed by atoms with E-state index in [-0.39, 0.29) is 18.1 Å². The number of rotatable bonds is 3. The van der Waals surface area contributed by atoms with Crippen LogP contribution in [0.4, 0.5) is 18.9 Å². The molecule has 1 saturated heterocycles. The number of hydrogen-bond acceptors (Lipinski definition) is 2. The number of hydrogen-bond donors (Lipinski definition) is 1. The van der Waals surface area contributed by atoms with E-state index in [0.29, 0.717) is 19.2 Å². The smallest absolute Gasteiger partial charge is 0.241 e. The Hall–Kier alpha value is -1.72. The molecule has 0 saturated carbocycles. The third-order valence-corrected chi connectivity index (χ3v) is 3.38. The minimum Gasteiger partial charge on any atom is -0.374 e. The predicted octanol–water partition coefficient (Wildman–Crippen LogP) is 2.92. The average molecular weight is 286 g/mol. The molecule has 20 heavy (non-hydrogen) atoms. The Morgan fingerprint density at radius 3 is 2.40 bits per heavy atom. The number of carbonyl (C=O) groups excluding carboxylic acids is 1. The van der Waals surface area contributed by atoms with Gasteiger partial charge in [0.25, 0.3) is 0 Å². The topological polar surface area (TPSA) is 32.3 Å². The summed E-state index contributed by atoms with van der Waals surface area (Å²) in [6.07, 6.45) is 4.10. The second kappa shape index (κ2) is 6.63. The predicted molar refractivity (Wildman–Crippen MR) is 69.9 cm³/mol. The molecule has 0 aliphatic carbocycles. The monoisotopic (exact) mass is 286 g/mol. The van der Waals surface area contributed by atoms with Gasteiger partial charge >= 0.3 is 0 Å². The van der Waals surface area contributed by atoms with Gasteiger partial charge in [0.05, 0.1) is 12.2 Å². The van der Waals surface area contributed by atoms with E-state index in [2.05, 4.69) is 5.32 Å². The van der Waals surface area contributed by atoms with Gasteiger partial charge in [0.1, 0.15) is 5.82 Å². The summed E-state index contributed by atoms with van der Waals surface area (Å²) in [6.45, 7) is 1.20. The molecule has 0 bridgehead atoms. The van der Waals surface area contributed by atoms with E-state index in [0.717, 1.165) is 31.7 Å². The number of nitrogens with one attached hydrogen (secondary N) is 1. The van der Waals surface area contributed by atoms with Crippen LogP contribution in [0.5, 0.6) is 0 Å². The van der Waals surface area contributed by atoms with Gasteiger partial charge in [-0.2, -0.15) is 0 Å². The fourth-order valence-electron chi connectivity index (χ4n) is 2.29. The first-order valence-electron chi connectivity index (χ1n) is 6.74. The summed E-state index contributed by atoms with van der Waals surface area (Å²) in [5.41, 5.74) is -0.328. The maximum Gasteiger partial charge on any atom is 0.241 e. The van der Waals surface area contributed by atoms with E-state index in [1.165, 1.54) is 0 Å². The highest BCUT2D eigenvalue weighted by molar-refractivity contribution is 5.80. The molecule has 1 aliphatic rings. The molecule has 2 rings (SSSR count). The molecule has 0 atom stereocenters. The quantitative estimate of drug-likeness (QED) is 0.867.